The van der Waals surface area contributed by atoms with Crippen LogP contribution < -0.4 is 4.74 Å². The van der Waals surface area contributed by atoms with E-state index in [2.05, 4.69) is 9.98 Å². The third-order valence-electron chi connectivity index (χ3n) is 2.23. The maximum absolute atomic E-state index is 11.0. The molecule has 0 aliphatic carbocycles. The van der Waals surface area contributed by atoms with E-state index in [9.17, 15) is 4.79 Å². The summed E-state index contributed by atoms with van der Waals surface area (Å²) < 4.78 is 5.54. The van der Waals surface area contributed by atoms with Crippen molar-refractivity contribution >= 4 is 12.0 Å². The zero-order valence-electron chi connectivity index (χ0n) is 9.01. The molecule has 0 saturated heterocycles. The van der Waals surface area contributed by atoms with Crippen molar-refractivity contribution in [1.82, 2.24) is 4.98 Å². The maximum Gasteiger partial charge on any atom is 0.218 e. The van der Waals surface area contributed by atoms with E-state index in [0.29, 0.717) is 11.4 Å². The Balaban J connectivity index is 2.07. The van der Waals surface area contributed by atoms with Gasteiger partial charge >= 0.3 is 0 Å². The number of allylic oxidation sites excluding steroid dienone is 1. The molecule has 0 amide bonds. The van der Waals surface area contributed by atoms with Crippen LogP contribution in [0.4, 0.5) is 0 Å². The van der Waals surface area contributed by atoms with Crippen molar-refractivity contribution in [3.05, 3.63) is 35.7 Å². The van der Waals surface area contributed by atoms with Gasteiger partial charge < -0.3 is 4.74 Å². The van der Waals surface area contributed by atoms with Gasteiger partial charge in [0.2, 0.25) is 5.88 Å². The van der Waals surface area contributed by atoms with Crippen LogP contribution >= 0.6 is 0 Å². The Bertz CT molecular complexity index is 447. The Morgan fingerprint density at radius 1 is 1.44 bits per heavy atom. The normalized spacial score (nSPS) is 14.4. The predicted octanol–water partition coefficient (Wildman–Crippen LogP) is 2.02. The topological polar surface area (TPSA) is 51.5 Å². The van der Waals surface area contributed by atoms with E-state index in [-0.39, 0.29) is 5.78 Å². The van der Waals surface area contributed by atoms with Crippen LogP contribution in [-0.4, -0.2) is 23.5 Å². The SMILES string of the molecule is CC(=O)c1ccc(OC2=CC=NCC2)nc1. The lowest BCUT2D eigenvalue weighted by Crippen LogP contribution is -2.03. The first-order valence-corrected chi connectivity index (χ1v) is 5.09. The van der Waals surface area contributed by atoms with Crippen LogP contribution in [0.25, 0.3) is 0 Å². The monoisotopic (exact) mass is 216 g/mol. The van der Waals surface area contributed by atoms with E-state index in [1.807, 2.05) is 6.08 Å². The highest BCUT2D eigenvalue weighted by molar-refractivity contribution is 5.93. The summed E-state index contributed by atoms with van der Waals surface area (Å²) in [7, 11) is 0. The van der Waals surface area contributed by atoms with Crippen LogP contribution in [0, 0.1) is 0 Å². The van der Waals surface area contributed by atoms with Crippen molar-refractivity contribution in [3.63, 3.8) is 0 Å². The maximum atomic E-state index is 11.0. The molecule has 4 heteroatoms. The number of pyridine rings is 1. The van der Waals surface area contributed by atoms with Crippen LogP contribution in [0.5, 0.6) is 5.88 Å². The first kappa shape index (κ1) is 10.5. The number of aromatic nitrogens is 1. The van der Waals surface area contributed by atoms with E-state index >= 15 is 0 Å². The second kappa shape index (κ2) is 4.70. The van der Waals surface area contributed by atoms with Gasteiger partial charge in [-0.2, -0.15) is 0 Å². The molecule has 0 atom stereocenters. The molecule has 0 saturated carbocycles. The molecule has 1 aliphatic heterocycles. The fourth-order valence-corrected chi connectivity index (χ4v) is 1.34. The van der Waals surface area contributed by atoms with Crippen LogP contribution in [0.15, 0.2) is 35.2 Å². The summed E-state index contributed by atoms with van der Waals surface area (Å²) in [4.78, 5) is 19.2. The molecule has 16 heavy (non-hydrogen) atoms. The summed E-state index contributed by atoms with van der Waals surface area (Å²) in [6.45, 7) is 2.26. The number of hydrogen-bond acceptors (Lipinski definition) is 4. The fourth-order valence-electron chi connectivity index (χ4n) is 1.34. The molecular weight excluding hydrogens is 204 g/mol. The smallest absolute Gasteiger partial charge is 0.218 e. The lowest BCUT2D eigenvalue weighted by molar-refractivity contribution is 0.101. The second-order valence-corrected chi connectivity index (χ2v) is 3.48. The average Bonchev–Trinajstić information content (AvgIpc) is 2.31. The molecule has 0 bridgehead atoms. The molecule has 1 aliphatic rings. The fraction of sp³-hybridized carbons (Fsp3) is 0.250. The Hall–Kier alpha value is -1.97. The number of ether oxygens (including phenoxy) is 1. The number of ketones is 1. The predicted molar refractivity (Wildman–Crippen MR) is 60.9 cm³/mol. The minimum Gasteiger partial charge on any atom is -0.443 e. The van der Waals surface area contributed by atoms with E-state index in [1.54, 1.807) is 18.3 Å². The van der Waals surface area contributed by atoms with Crippen molar-refractivity contribution in [1.29, 1.82) is 0 Å². The summed E-state index contributed by atoms with van der Waals surface area (Å²) >= 11 is 0. The molecule has 82 valence electrons. The van der Waals surface area contributed by atoms with Crippen molar-refractivity contribution in [2.45, 2.75) is 13.3 Å². The Morgan fingerprint density at radius 3 is 2.88 bits per heavy atom. The Morgan fingerprint density at radius 2 is 2.31 bits per heavy atom. The zero-order valence-corrected chi connectivity index (χ0v) is 9.01. The van der Waals surface area contributed by atoms with Crippen molar-refractivity contribution < 1.29 is 9.53 Å². The van der Waals surface area contributed by atoms with Gasteiger partial charge in [-0.3, -0.25) is 9.79 Å². The van der Waals surface area contributed by atoms with Gasteiger partial charge in [-0.05, 0) is 19.1 Å². The summed E-state index contributed by atoms with van der Waals surface area (Å²) in [5.74, 6) is 1.35. The standard InChI is InChI=1S/C12H12N2O2/c1-9(15)10-2-3-12(14-8-10)16-11-4-6-13-7-5-11/h2-4,6,8H,5,7H2,1H3. The minimum absolute atomic E-state index is 0.00284. The Labute approximate surface area is 93.7 Å². The number of carbonyl (C=O) groups is 1. The van der Waals surface area contributed by atoms with Crippen LogP contribution in [0.2, 0.25) is 0 Å². The molecule has 1 aromatic rings. The molecule has 0 N–H and O–H groups in total. The molecule has 0 fully saturated rings. The van der Waals surface area contributed by atoms with E-state index in [1.165, 1.54) is 13.1 Å². The van der Waals surface area contributed by atoms with Gasteiger partial charge in [0.25, 0.3) is 0 Å². The number of hydrogen-bond donors (Lipinski definition) is 0. The van der Waals surface area contributed by atoms with Crippen molar-refractivity contribution in [2.24, 2.45) is 4.99 Å². The molecule has 4 nitrogen and oxygen atoms in total. The van der Waals surface area contributed by atoms with Gasteiger partial charge in [0.15, 0.2) is 5.78 Å². The number of nitrogens with zero attached hydrogens (tertiary/aromatic N) is 2. The first-order chi connectivity index (χ1) is 7.75. The number of Topliss-reactive ketones (excluding diaryl/α,β-unsaturated/α-hetero) is 1. The van der Waals surface area contributed by atoms with Crippen molar-refractivity contribution in [3.8, 4) is 5.88 Å². The third kappa shape index (κ3) is 2.53. The number of rotatable bonds is 3. The summed E-state index contributed by atoms with van der Waals surface area (Å²) in [5, 5.41) is 0. The van der Waals surface area contributed by atoms with Gasteiger partial charge in [-0.25, -0.2) is 4.98 Å². The van der Waals surface area contributed by atoms with Gasteiger partial charge in [-0.1, -0.05) is 0 Å². The van der Waals surface area contributed by atoms with E-state index < -0.39 is 0 Å². The average molecular weight is 216 g/mol. The molecule has 0 aromatic carbocycles. The highest BCUT2D eigenvalue weighted by Crippen LogP contribution is 2.14. The first-order valence-electron chi connectivity index (χ1n) is 5.09. The largest absolute Gasteiger partial charge is 0.443 e. The molecule has 2 rings (SSSR count). The van der Waals surface area contributed by atoms with Crippen LogP contribution in [0.1, 0.15) is 23.7 Å². The summed E-state index contributed by atoms with van der Waals surface area (Å²) in [6.07, 6.45) is 5.86. The summed E-state index contributed by atoms with van der Waals surface area (Å²) in [6, 6.07) is 3.41. The highest BCUT2D eigenvalue weighted by Gasteiger charge is 2.05. The number of carbonyl (C=O) groups excluding carboxylic acids is 1. The number of dihydropyridines is 1. The van der Waals surface area contributed by atoms with E-state index in [0.717, 1.165) is 18.7 Å². The van der Waals surface area contributed by atoms with Crippen LogP contribution in [0.3, 0.4) is 0 Å². The molecular formula is C12H12N2O2. The number of aliphatic imine (C=N–C) groups is 1. The van der Waals surface area contributed by atoms with Crippen molar-refractivity contribution in [2.75, 3.05) is 6.54 Å². The van der Waals surface area contributed by atoms with Gasteiger partial charge in [0.05, 0.1) is 0 Å². The molecule has 1 aromatic heterocycles. The molecule has 2 heterocycles. The minimum atomic E-state index is 0.00284. The molecule has 0 radical (unpaired) electrons. The van der Waals surface area contributed by atoms with Gasteiger partial charge in [0.1, 0.15) is 5.76 Å². The Kier molecular flexibility index (Phi) is 3.10. The lowest BCUT2D eigenvalue weighted by atomic mass is 10.2. The van der Waals surface area contributed by atoms with E-state index in [4.69, 9.17) is 4.74 Å². The third-order valence-corrected chi connectivity index (χ3v) is 2.23. The highest BCUT2D eigenvalue weighted by atomic mass is 16.5. The second-order valence-electron chi connectivity index (χ2n) is 3.48. The van der Waals surface area contributed by atoms with Crippen LogP contribution in [-0.2, 0) is 0 Å². The molecule has 0 unspecified atom stereocenters. The van der Waals surface area contributed by atoms with Gasteiger partial charge in [0, 0.05) is 37.0 Å². The lowest BCUT2D eigenvalue weighted by Gasteiger charge is -2.09. The quantitative estimate of drug-likeness (QED) is 0.726. The molecule has 0 spiro atoms. The summed E-state index contributed by atoms with van der Waals surface area (Å²) in [5.41, 5.74) is 0.589. The van der Waals surface area contributed by atoms with Gasteiger partial charge in [-0.15, -0.1) is 0 Å². The zero-order chi connectivity index (χ0) is 11.4.